The van der Waals surface area contributed by atoms with E-state index in [9.17, 15) is 15.0 Å². The SMILES string of the molecule is COc1cc(C2c3cc4c(cc3C(OC3CC(O)CC(COCO)O3)[C@H]3COC(=O)C23)OCO4)cc(OC)c1[O-].[K+]. The smallest absolute Gasteiger partial charge is 0.867 e. The number of rotatable bonds is 8. The number of esters is 1. The number of aliphatic hydroxyl groups excluding tert-OH is 2. The van der Waals surface area contributed by atoms with Gasteiger partial charge in [-0.25, -0.2) is 0 Å². The molecule has 3 heterocycles. The largest absolute Gasteiger partial charge is 1.00 e. The number of fused-ring (bicyclic) bond motifs is 3. The Labute approximate surface area is 279 Å². The maximum absolute atomic E-state index is 13.3. The third-order valence-corrected chi connectivity index (χ3v) is 8.00. The second kappa shape index (κ2) is 12.9. The van der Waals surface area contributed by atoms with Gasteiger partial charge in [0.1, 0.15) is 18.3 Å². The molecular weight excluding hydrogens is 567 g/mol. The third kappa shape index (κ3) is 5.81. The van der Waals surface area contributed by atoms with Crippen molar-refractivity contribution in [3.63, 3.8) is 0 Å². The van der Waals surface area contributed by atoms with Crippen LogP contribution in [0.15, 0.2) is 24.3 Å². The average molecular weight is 599 g/mol. The monoisotopic (exact) mass is 598 g/mol. The topological polar surface area (TPSA) is 154 Å². The quantitative estimate of drug-likeness (QED) is 0.203. The fourth-order valence-corrected chi connectivity index (χ4v) is 6.26. The Morgan fingerprint density at radius 3 is 2.34 bits per heavy atom. The van der Waals surface area contributed by atoms with Crippen molar-refractivity contribution >= 4 is 5.97 Å². The predicted molar refractivity (Wildman–Crippen MR) is 132 cm³/mol. The molecule has 2 aromatic rings. The van der Waals surface area contributed by atoms with Gasteiger partial charge in [-0.15, -0.1) is 0 Å². The number of carbonyl (C=O) groups is 1. The summed E-state index contributed by atoms with van der Waals surface area (Å²) >= 11 is 0. The van der Waals surface area contributed by atoms with E-state index in [0.29, 0.717) is 23.5 Å². The summed E-state index contributed by atoms with van der Waals surface area (Å²) in [6.45, 7) is -0.195. The Morgan fingerprint density at radius 1 is 1.00 bits per heavy atom. The molecule has 1 aliphatic carbocycles. The number of cyclic esters (lactones) is 1. The second-order valence-corrected chi connectivity index (χ2v) is 10.3. The zero-order valence-electron chi connectivity index (χ0n) is 23.1. The van der Waals surface area contributed by atoms with Crippen molar-refractivity contribution in [2.75, 3.05) is 41.0 Å². The first-order valence-electron chi connectivity index (χ1n) is 13.1. The molecule has 0 aromatic heterocycles. The van der Waals surface area contributed by atoms with Gasteiger partial charge in [-0.3, -0.25) is 4.79 Å². The van der Waals surface area contributed by atoms with E-state index in [4.69, 9.17) is 43.0 Å². The molecule has 2 fully saturated rings. The van der Waals surface area contributed by atoms with Gasteiger partial charge in [0.05, 0.1) is 51.7 Å². The van der Waals surface area contributed by atoms with Gasteiger partial charge >= 0.3 is 57.4 Å². The van der Waals surface area contributed by atoms with Crippen LogP contribution in [0.25, 0.3) is 0 Å². The minimum absolute atomic E-state index is 0. The van der Waals surface area contributed by atoms with Crippen LogP contribution in [0.4, 0.5) is 0 Å². The molecule has 216 valence electrons. The van der Waals surface area contributed by atoms with Crippen molar-refractivity contribution < 1.29 is 109 Å². The molecule has 4 aliphatic rings. The zero-order chi connectivity index (χ0) is 28.0. The number of ether oxygens (including phenoxy) is 8. The summed E-state index contributed by atoms with van der Waals surface area (Å²) < 4.78 is 45.3. The summed E-state index contributed by atoms with van der Waals surface area (Å²) in [5.74, 6) is -1.13. The average Bonchev–Trinajstić information content (AvgIpc) is 3.57. The molecule has 0 saturated carbocycles. The van der Waals surface area contributed by atoms with E-state index in [1.807, 2.05) is 12.1 Å². The normalized spacial score (nSPS) is 29.7. The van der Waals surface area contributed by atoms with E-state index >= 15 is 0 Å². The molecular formula is C28H31KO12. The summed E-state index contributed by atoms with van der Waals surface area (Å²) in [5.41, 5.74) is 2.14. The molecule has 0 radical (unpaired) electrons. The number of hydrogen-bond acceptors (Lipinski definition) is 12. The molecule has 41 heavy (non-hydrogen) atoms. The molecule has 0 amide bonds. The molecule has 2 saturated heterocycles. The van der Waals surface area contributed by atoms with E-state index in [0.717, 1.165) is 11.1 Å². The van der Waals surface area contributed by atoms with Crippen molar-refractivity contribution in [3.8, 4) is 28.7 Å². The van der Waals surface area contributed by atoms with Crippen LogP contribution in [0.1, 0.15) is 41.6 Å². The Kier molecular flexibility index (Phi) is 9.70. The van der Waals surface area contributed by atoms with Gasteiger partial charge in [-0.2, -0.15) is 0 Å². The Hall–Kier alpha value is -1.65. The van der Waals surface area contributed by atoms with Crippen molar-refractivity contribution in [2.24, 2.45) is 11.8 Å². The van der Waals surface area contributed by atoms with Crippen LogP contribution >= 0.6 is 0 Å². The van der Waals surface area contributed by atoms with Crippen LogP contribution < -0.4 is 75.4 Å². The summed E-state index contributed by atoms with van der Waals surface area (Å²) in [4.78, 5) is 13.3. The van der Waals surface area contributed by atoms with Gasteiger partial charge in [0.2, 0.25) is 6.79 Å². The van der Waals surface area contributed by atoms with Crippen molar-refractivity contribution in [2.45, 2.75) is 43.4 Å². The fraction of sp³-hybridized carbons (Fsp3) is 0.536. The van der Waals surface area contributed by atoms with Gasteiger partial charge in [0.25, 0.3) is 0 Å². The first-order valence-corrected chi connectivity index (χ1v) is 13.1. The molecule has 6 rings (SSSR count). The van der Waals surface area contributed by atoms with Gasteiger partial charge < -0.3 is 53.2 Å². The van der Waals surface area contributed by atoms with Gasteiger partial charge in [-0.05, 0) is 46.7 Å². The third-order valence-electron chi connectivity index (χ3n) is 8.00. The number of benzene rings is 2. The Balaban J connectivity index is 0.00000337. The number of methoxy groups -OCH3 is 2. The molecule has 13 heteroatoms. The molecule has 2 aromatic carbocycles. The van der Waals surface area contributed by atoms with Crippen molar-refractivity contribution in [3.05, 3.63) is 41.0 Å². The van der Waals surface area contributed by atoms with Crippen LogP contribution in [-0.4, -0.2) is 75.7 Å². The standard InChI is InChI=1S/C28H32O12.K/c1-33-21-3-13(4-22(34-2)26(21)31)24-16-7-19-20(38-12-37-19)8-17(16)27(18-10-36-28(32)25(18)24)40-23-6-14(30)5-15(39-23)9-35-11-29;/h3-4,7-8,14-15,18,23-25,27,29-31H,5-6,9-12H2,1-2H3;/q;+1/p-1/t14?,15?,18-,23?,24?,25?,27?;/m0./s1. The minimum Gasteiger partial charge on any atom is -0.867 e. The number of aliphatic hydroxyl groups is 2. The first kappa shape index (κ1) is 30.8. The minimum atomic E-state index is -0.799. The summed E-state index contributed by atoms with van der Waals surface area (Å²) in [6, 6.07) is 6.93. The number of carbonyl (C=O) groups excluding carboxylic acids is 1. The van der Waals surface area contributed by atoms with Crippen LogP contribution in [-0.2, 0) is 23.7 Å². The van der Waals surface area contributed by atoms with E-state index in [-0.39, 0.29) is 89.3 Å². The first-order chi connectivity index (χ1) is 19.4. The molecule has 6 unspecified atom stereocenters. The zero-order valence-corrected chi connectivity index (χ0v) is 26.2. The second-order valence-electron chi connectivity index (χ2n) is 10.3. The van der Waals surface area contributed by atoms with Gasteiger partial charge in [0.15, 0.2) is 17.8 Å². The summed E-state index contributed by atoms with van der Waals surface area (Å²) in [7, 11) is 2.81. The predicted octanol–water partition coefficient (Wildman–Crippen LogP) is -1.67. The molecule has 3 aliphatic heterocycles. The molecule has 12 nitrogen and oxygen atoms in total. The van der Waals surface area contributed by atoms with E-state index < -0.39 is 60.9 Å². The van der Waals surface area contributed by atoms with E-state index in [1.165, 1.54) is 14.2 Å². The maximum atomic E-state index is 13.3. The summed E-state index contributed by atoms with van der Waals surface area (Å²) in [5, 5.41) is 32.2. The van der Waals surface area contributed by atoms with Crippen molar-refractivity contribution in [1.82, 2.24) is 0 Å². The van der Waals surface area contributed by atoms with Crippen LogP contribution in [0.3, 0.4) is 0 Å². The maximum Gasteiger partial charge on any atom is 1.00 e. The molecule has 2 N–H and O–H groups in total. The molecule has 7 atom stereocenters. The van der Waals surface area contributed by atoms with E-state index in [2.05, 4.69) is 0 Å². The van der Waals surface area contributed by atoms with Crippen LogP contribution in [0.2, 0.25) is 0 Å². The molecule has 0 spiro atoms. The van der Waals surface area contributed by atoms with Gasteiger partial charge in [-0.1, -0.05) is 0 Å². The Bertz CT molecular complexity index is 1250. The van der Waals surface area contributed by atoms with Gasteiger partial charge in [0, 0.05) is 24.7 Å². The van der Waals surface area contributed by atoms with E-state index in [1.54, 1.807) is 12.1 Å². The number of hydrogen-bond donors (Lipinski definition) is 2. The fourth-order valence-electron chi connectivity index (χ4n) is 6.26. The van der Waals surface area contributed by atoms with Crippen LogP contribution in [0.5, 0.6) is 28.7 Å². The summed E-state index contributed by atoms with van der Waals surface area (Å²) in [6.07, 6.45) is -2.05. The van der Waals surface area contributed by atoms with Crippen LogP contribution in [0, 0.1) is 11.8 Å². The molecule has 0 bridgehead atoms. The Morgan fingerprint density at radius 2 is 1.68 bits per heavy atom. The van der Waals surface area contributed by atoms with Crippen molar-refractivity contribution in [1.29, 1.82) is 0 Å².